The molecule has 0 spiro atoms. The van der Waals surface area contributed by atoms with Gasteiger partial charge in [-0.15, -0.1) is 10.3 Å². The highest BCUT2D eigenvalue weighted by molar-refractivity contribution is 7.05. The van der Waals surface area contributed by atoms with Crippen molar-refractivity contribution in [3.05, 3.63) is 5.01 Å². The molecule has 0 aliphatic heterocycles. The molecule has 96 valence electrons. The minimum absolute atomic E-state index is 0.404. The van der Waals surface area contributed by atoms with E-state index in [1.165, 1.54) is 42.2 Å². The predicted octanol–water partition coefficient (Wildman–Crippen LogP) is 3.23. The fraction of sp³-hybridized carbons (Fsp3) is 0.714. The lowest BCUT2D eigenvalue weighted by Gasteiger charge is -2.18. The van der Waals surface area contributed by atoms with Crippen LogP contribution in [0.5, 0.6) is 6.01 Å². The van der Waals surface area contributed by atoms with E-state index in [1.807, 2.05) is 6.92 Å². The smallest absolute Gasteiger partial charge is 0.329 e. The second-order valence-corrected chi connectivity index (χ2v) is 5.98. The van der Waals surface area contributed by atoms with E-state index >= 15 is 0 Å². The van der Waals surface area contributed by atoms with E-state index in [0.29, 0.717) is 18.5 Å². The van der Waals surface area contributed by atoms with E-state index in [9.17, 15) is 0 Å². The Labute approximate surface area is 112 Å². The molecule has 4 heteroatoms. The molecular weight excluding hydrogens is 244 g/mol. The lowest BCUT2D eigenvalue weighted by atomic mass is 9.89. The summed E-state index contributed by atoms with van der Waals surface area (Å²) in [6.07, 6.45) is 6.39. The molecule has 2 fully saturated rings. The molecule has 0 radical (unpaired) electrons. The minimum atomic E-state index is 0.404. The number of nitrogens with zero attached hydrogens (tertiary/aromatic N) is 2. The van der Waals surface area contributed by atoms with E-state index in [0.717, 1.165) is 18.3 Å². The molecule has 2 bridgehead atoms. The van der Waals surface area contributed by atoms with Gasteiger partial charge < -0.3 is 4.74 Å². The number of hydrogen-bond acceptors (Lipinski definition) is 4. The van der Waals surface area contributed by atoms with Crippen molar-refractivity contribution in [2.24, 2.45) is 11.8 Å². The molecule has 1 aromatic rings. The zero-order valence-corrected chi connectivity index (χ0v) is 11.5. The molecule has 18 heavy (non-hydrogen) atoms. The second-order valence-electron chi connectivity index (χ2n) is 5.19. The molecule has 0 aromatic carbocycles. The number of hydrogen-bond donors (Lipinski definition) is 0. The molecule has 3 nitrogen and oxygen atoms in total. The average molecular weight is 262 g/mol. The van der Waals surface area contributed by atoms with Crippen molar-refractivity contribution in [2.75, 3.05) is 6.61 Å². The van der Waals surface area contributed by atoms with Crippen LogP contribution in [0.4, 0.5) is 0 Å². The van der Waals surface area contributed by atoms with Gasteiger partial charge in [0.1, 0.15) is 5.01 Å². The van der Waals surface area contributed by atoms with Gasteiger partial charge in [0.25, 0.3) is 0 Å². The van der Waals surface area contributed by atoms with Crippen LogP contribution < -0.4 is 4.74 Å². The highest BCUT2D eigenvalue weighted by atomic mass is 32.1. The number of ether oxygens (including phenoxy) is 1. The van der Waals surface area contributed by atoms with Gasteiger partial charge in [0.2, 0.25) is 0 Å². The summed E-state index contributed by atoms with van der Waals surface area (Å²) in [5, 5.41) is 1.18. The van der Waals surface area contributed by atoms with Crippen LogP contribution in [0.1, 0.15) is 50.0 Å². The van der Waals surface area contributed by atoms with Crippen LogP contribution in [0.2, 0.25) is 0 Å². The number of fused-ring (bicyclic) bond motifs is 2. The first-order valence-corrected chi connectivity index (χ1v) is 7.56. The Balaban J connectivity index is 1.60. The van der Waals surface area contributed by atoms with E-state index in [-0.39, 0.29) is 0 Å². The molecule has 1 heterocycles. The van der Waals surface area contributed by atoms with Gasteiger partial charge in [-0.1, -0.05) is 19.3 Å². The molecular formula is C14H18N2OS. The van der Waals surface area contributed by atoms with E-state index in [2.05, 4.69) is 21.2 Å². The summed E-state index contributed by atoms with van der Waals surface area (Å²) in [5.74, 6) is 8.38. The van der Waals surface area contributed by atoms with Crippen molar-refractivity contribution in [2.45, 2.75) is 44.9 Å². The maximum absolute atomic E-state index is 5.44. The lowest BCUT2D eigenvalue weighted by molar-refractivity contribution is 0.341. The highest BCUT2D eigenvalue weighted by Gasteiger charge is 2.41. The van der Waals surface area contributed by atoms with Crippen LogP contribution >= 0.6 is 11.5 Å². The van der Waals surface area contributed by atoms with Gasteiger partial charge in [0, 0.05) is 12.3 Å². The van der Waals surface area contributed by atoms with Gasteiger partial charge >= 0.3 is 6.01 Å². The van der Waals surface area contributed by atoms with Gasteiger partial charge in [-0.2, -0.15) is 4.98 Å². The summed E-state index contributed by atoms with van der Waals surface area (Å²) in [7, 11) is 0. The van der Waals surface area contributed by atoms with Crippen molar-refractivity contribution < 1.29 is 4.74 Å². The third-order valence-corrected chi connectivity index (χ3v) is 4.88. The normalized spacial score (nSPS) is 29.1. The molecule has 2 aliphatic rings. The SMILES string of the molecule is CCC#CCOc1nsc(C2C[C@@H]3CCC2C3)n1. The summed E-state index contributed by atoms with van der Waals surface area (Å²) < 4.78 is 9.73. The predicted molar refractivity (Wildman–Crippen MR) is 71.7 cm³/mol. The van der Waals surface area contributed by atoms with Crippen LogP contribution in [0.3, 0.4) is 0 Å². The van der Waals surface area contributed by atoms with Crippen molar-refractivity contribution in [1.82, 2.24) is 9.36 Å². The van der Waals surface area contributed by atoms with Crippen LogP contribution in [-0.4, -0.2) is 16.0 Å². The topological polar surface area (TPSA) is 35.0 Å². The van der Waals surface area contributed by atoms with Gasteiger partial charge in [-0.3, -0.25) is 0 Å². The standard InChI is InChI=1S/C14H18N2OS/c1-2-3-4-7-17-14-15-13(18-16-14)12-9-10-5-6-11(12)8-10/h10-12H,2,5-9H2,1H3/t10-,11?,12?/m1/s1. The molecule has 2 saturated carbocycles. The molecule has 0 saturated heterocycles. The van der Waals surface area contributed by atoms with Crippen LogP contribution in [0.25, 0.3) is 0 Å². The Morgan fingerprint density at radius 3 is 3.00 bits per heavy atom. The van der Waals surface area contributed by atoms with Crippen molar-refractivity contribution in [1.29, 1.82) is 0 Å². The number of rotatable bonds is 3. The molecule has 1 aromatic heterocycles. The summed E-state index contributed by atoms with van der Waals surface area (Å²) >= 11 is 1.52. The molecule has 0 amide bonds. The number of aromatic nitrogens is 2. The average Bonchev–Trinajstić information content (AvgIpc) is 3.09. The summed E-state index contributed by atoms with van der Waals surface area (Å²) in [6.45, 7) is 2.43. The van der Waals surface area contributed by atoms with Crippen molar-refractivity contribution >= 4 is 11.5 Å². The van der Waals surface area contributed by atoms with Crippen LogP contribution in [0.15, 0.2) is 0 Å². The molecule has 3 rings (SSSR count). The fourth-order valence-electron chi connectivity index (χ4n) is 3.25. The maximum atomic E-state index is 5.44. The van der Waals surface area contributed by atoms with Crippen molar-refractivity contribution in [3.8, 4) is 17.9 Å². The fourth-order valence-corrected chi connectivity index (χ4v) is 4.06. The quantitative estimate of drug-likeness (QED) is 0.784. The summed E-state index contributed by atoms with van der Waals surface area (Å²) in [6, 6.07) is 0.517. The van der Waals surface area contributed by atoms with E-state index in [1.54, 1.807) is 0 Å². The van der Waals surface area contributed by atoms with Gasteiger partial charge in [0.15, 0.2) is 6.61 Å². The van der Waals surface area contributed by atoms with Crippen molar-refractivity contribution in [3.63, 3.8) is 0 Å². The van der Waals surface area contributed by atoms with Crippen LogP contribution in [0, 0.1) is 23.7 Å². The van der Waals surface area contributed by atoms with E-state index < -0.39 is 0 Å². The van der Waals surface area contributed by atoms with E-state index in [4.69, 9.17) is 4.74 Å². The molecule has 2 unspecified atom stereocenters. The third kappa shape index (κ3) is 2.37. The molecule has 3 atom stereocenters. The Kier molecular flexibility index (Phi) is 3.51. The summed E-state index contributed by atoms with van der Waals surface area (Å²) in [5.41, 5.74) is 0. The summed E-state index contributed by atoms with van der Waals surface area (Å²) in [4.78, 5) is 4.53. The Hall–Kier alpha value is -1.08. The Bertz CT molecular complexity index is 474. The van der Waals surface area contributed by atoms with Gasteiger partial charge in [-0.05, 0) is 42.6 Å². The molecule has 2 aliphatic carbocycles. The van der Waals surface area contributed by atoms with Gasteiger partial charge in [-0.25, -0.2) is 0 Å². The zero-order valence-electron chi connectivity index (χ0n) is 10.7. The molecule has 0 N–H and O–H groups in total. The zero-order chi connectivity index (χ0) is 12.4. The first kappa shape index (κ1) is 12.0. The van der Waals surface area contributed by atoms with Crippen LogP contribution in [-0.2, 0) is 0 Å². The highest BCUT2D eigenvalue weighted by Crippen LogP contribution is 2.53. The monoisotopic (exact) mass is 262 g/mol. The minimum Gasteiger partial charge on any atom is -0.450 e. The first-order valence-electron chi connectivity index (χ1n) is 6.79. The lowest BCUT2D eigenvalue weighted by Crippen LogP contribution is -2.08. The van der Waals surface area contributed by atoms with Gasteiger partial charge in [0.05, 0.1) is 0 Å². The maximum Gasteiger partial charge on any atom is 0.329 e. The second kappa shape index (κ2) is 5.27. The largest absolute Gasteiger partial charge is 0.450 e. The third-order valence-electron chi connectivity index (χ3n) is 4.05. The Morgan fingerprint density at radius 2 is 2.28 bits per heavy atom. The first-order chi connectivity index (χ1) is 8.86. The Morgan fingerprint density at radius 1 is 1.33 bits per heavy atom.